The molecule has 0 spiro atoms. The molecule has 0 amide bonds. The maximum absolute atomic E-state index is 14.6. The first-order chi connectivity index (χ1) is 13.0. The number of ether oxygens (including phenoxy) is 2. The van der Waals surface area contributed by atoms with E-state index in [1.165, 1.54) is 31.7 Å². The first-order valence-corrected chi connectivity index (χ1v) is 10.5. The van der Waals surface area contributed by atoms with Crippen molar-refractivity contribution in [1.29, 1.82) is 0 Å². The zero-order chi connectivity index (χ0) is 19.4. The lowest BCUT2D eigenvalue weighted by Gasteiger charge is -2.39. The lowest BCUT2D eigenvalue weighted by atomic mass is 9.75. The molecule has 2 nitrogen and oxygen atoms in total. The minimum absolute atomic E-state index is 0.126. The molecule has 2 aliphatic rings. The van der Waals surface area contributed by atoms with E-state index in [0.29, 0.717) is 12.0 Å². The summed E-state index contributed by atoms with van der Waals surface area (Å²) in [6.45, 7) is 4.13. The number of hydrogen-bond acceptors (Lipinski definition) is 2. The summed E-state index contributed by atoms with van der Waals surface area (Å²) in [6.07, 6.45) is 5.22. The maximum Gasteiger partial charge on any atom is 0.386 e. The fourth-order valence-electron chi connectivity index (χ4n) is 4.65. The van der Waals surface area contributed by atoms with Crippen LogP contribution in [-0.4, -0.2) is 12.7 Å². The van der Waals surface area contributed by atoms with Crippen LogP contribution in [0.4, 0.5) is 13.2 Å². The van der Waals surface area contributed by atoms with Crippen LogP contribution >= 0.6 is 0 Å². The maximum atomic E-state index is 14.6. The number of alkyl halides is 2. The molecule has 1 aliphatic carbocycles. The van der Waals surface area contributed by atoms with Gasteiger partial charge in [-0.25, -0.2) is 4.39 Å². The second kappa shape index (κ2) is 8.85. The smallest absolute Gasteiger partial charge is 0.386 e. The molecule has 3 rings (SSSR count). The summed E-state index contributed by atoms with van der Waals surface area (Å²) in [6, 6.07) is 3.03. The Morgan fingerprint density at radius 1 is 1.11 bits per heavy atom. The SMILES string of the molecule is CCCCCC1CCC(C2Cc3ccc(OCC)c(F)c3C(F)(F)O2)CC1. The summed E-state index contributed by atoms with van der Waals surface area (Å²) < 4.78 is 54.1. The highest BCUT2D eigenvalue weighted by molar-refractivity contribution is 5.41. The molecule has 1 unspecified atom stereocenters. The van der Waals surface area contributed by atoms with Crippen molar-refractivity contribution in [3.63, 3.8) is 0 Å². The monoisotopic (exact) mass is 384 g/mol. The Morgan fingerprint density at radius 2 is 1.85 bits per heavy atom. The van der Waals surface area contributed by atoms with Gasteiger partial charge in [0.2, 0.25) is 0 Å². The predicted molar refractivity (Wildman–Crippen MR) is 99.6 cm³/mol. The molecular weight excluding hydrogens is 353 g/mol. The van der Waals surface area contributed by atoms with Crippen molar-refractivity contribution < 1.29 is 22.6 Å². The number of benzene rings is 1. The van der Waals surface area contributed by atoms with E-state index in [0.717, 1.165) is 31.6 Å². The minimum atomic E-state index is -3.60. The normalized spacial score (nSPS) is 27.2. The summed E-state index contributed by atoms with van der Waals surface area (Å²) in [7, 11) is 0. The van der Waals surface area contributed by atoms with Crippen molar-refractivity contribution in [2.24, 2.45) is 11.8 Å². The van der Waals surface area contributed by atoms with Gasteiger partial charge in [0.15, 0.2) is 11.6 Å². The average Bonchev–Trinajstić information content (AvgIpc) is 2.64. The molecular formula is C22H31F3O2. The van der Waals surface area contributed by atoms with Crippen molar-refractivity contribution in [3.05, 3.63) is 29.1 Å². The summed E-state index contributed by atoms with van der Waals surface area (Å²) in [5, 5.41) is 0. The minimum Gasteiger partial charge on any atom is -0.491 e. The van der Waals surface area contributed by atoms with E-state index >= 15 is 0 Å². The highest BCUT2D eigenvalue weighted by atomic mass is 19.3. The Morgan fingerprint density at radius 3 is 2.52 bits per heavy atom. The van der Waals surface area contributed by atoms with Gasteiger partial charge < -0.3 is 9.47 Å². The van der Waals surface area contributed by atoms with Gasteiger partial charge in [-0.05, 0) is 49.7 Å². The number of unbranched alkanes of at least 4 members (excludes halogenated alkanes) is 2. The van der Waals surface area contributed by atoms with Crippen LogP contribution in [-0.2, 0) is 17.3 Å². The predicted octanol–water partition coefficient (Wildman–Crippen LogP) is 6.60. The van der Waals surface area contributed by atoms with Crippen LogP contribution in [0.5, 0.6) is 5.75 Å². The molecule has 1 atom stereocenters. The Kier molecular flexibility index (Phi) is 6.72. The van der Waals surface area contributed by atoms with E-state index in [1.807, 2.05) is 0 Å². The zero-order valence-corrected chi connectivity index (χ0v) is 16.4. The van der Waals surface area contributed by atoms with Gasteiger partial charge in [-0.2, -0.15) is 8.78 Å². The molecule has 0 bridgehead atoms. The molecule has 1 aromatic rings. The van der Waals surface area contributed by atoms with Crippen LogP contribution < -0.4 is 4.74 Å². The molecule has 27 heavy (non-hydrogen) atoms. The molecule has 1 heterocycles. The fraction of sp³-hybridized carbons (Fsp3) is 0.727. The number of hydrogen-bond donors (Lipinski definition) is 0. The second-order valence-electron chi connectivity index (χ2n) is 8.00. The van der Waals surface area contributed by atoms with Gasteiger partial charge in [-0.15, -0.1) is 0 Å². The van der Waals surface area contributed by atoms with Crippen molar-refractivity contribution >= 4 is 0 Å². The molecule has 0 N–H and O–H groups in total. The van der Waals surface area contributed by atoms with E-state index in [-0.39, 0.29) is 18.3 Å². The Hall–Kier alpha value is -1.23. The van der Waals surface area contributed by atoms with Gasteiger partial charge in [-0.1, -0.05) is 51.5 Å². The third-order valence-electron chi connectivity index (χ3n) is 6.14. The third kappa shape index (κ3) is 4.61. The third-order valence-corrected chi connectivity index (χ3v) is 6.14. The summed E-state index contributed by atoms with van der Waals surface area (Å²) in [5.74, 6) is -0.278. The van der Waals surface area contributed by atoms with Crippen molar-refractivity contribution in [1.82, 2.24) is 0 Å². The molecule has 0 saturated heterocycles. The summed E-state index contributed by atoms with van der Waals surface area (Å²) in [5.41, 5.74) is -0.291. The average molecular weight is 384 g/mol. The van der Waals surface area contributed by atoms with E-state index in [2.05, 4.69) is 6.92 Å². The van der Waals surface area contributed by atoms with E-state index in [9.17, 15) is 13.2 Å². The van der Waals surface area contributed by atoms with Crippen molar-refractivity contribution in [2.75, 3.05) is 6.61 Å². The first-order valence-electron chi connectivity index (χ1n) is 10.5. The van der Waals surface area contributed by atoms with Crippen LogP contribution in [0.2, 0.25) is 0 Å². The number of rotatable bonds is 7. The molecule has 1 aliphatic heterocycles. The van der Waals surface area contributed by atoms with Gasteiger partial charge in [-0.3, -0.25) is 0 Å². The van der Waals surface area contributed by atoms with Gasteiger partial charge >= 0.3 is 6.11 Å². The van der Waals surface area contributed by atoms with Gasteiger partial charge in [0, 0.05) is 0 Å². The Balaban J connectivity index is 1.67. The molecule has 1 saturated carbocycles. The quantitative estimate of drug-likeness (QED) is 0.493. The molecule has 1 aromatic carbocycles. The zero-order valence-electron chi connectivity index (χ0n) is 16.4. The summed E-state index contributed by atoms with van der Waals surface area (Å²) >= 11 is 0. The lowest BCUT2D eigenvalue weighted by molar-refractivity contribution is -0.292. The van der Waals surface area contributed by atoms with E-state index in [1.54, 1.807) is 13.0 Å². The van der Waals surface area contributed by atoms with Crippen LogP contribution in [0.1, 0.15) is 76.3 Å². The Labute approximate surface area is 160 Å². The highest BCUT2D eigenvalue weighted by Gasteiger charge is 2.47. The number of fused-ring (bicyclic) bond motifs is 1. The molecule has 152 valence electrons. The summed E-state index contributed by atoms with van der Waals surface area (Å²) in [4.78, 5) is 0. The molecule has 0 aromatic heterocycles. The lowest BCUT2D eigenvalue weighted by Crippen LogP contribution is -2.40. The highest BCUT2D eigenvalue weighted by Crippen LogP contribution is 2.46. The van der Waals surface area contributed by atoms with Crippen LogP contribution in [0.15, 0.2) is 12.1 Å². The number of halogens is 3. The van der Waals surface area contributed by atoms with Gasteiger partial charge in [0.25, 0.3) is 0 Å². The van der Waals surface area contributed by atoms with Crippen molar-refractivity contribution in [2.45, 2.75) is 83.8 Å². The molecule has 1 fully saturated rings. The van der Waals surface area contributed by atoms with E-state index < -0.39 is 23.6 Å². The van der Waals surface area contributed by atoms with Crippen LogP contribution in [0.3, 0.4) is 0 Å². The fourth-order valence-corrected chi connectivity index (χ4v) is 4.65. The van der Waals surface area contributed by atoms with E-state index in [4.69, 9.17) is 9.47 Å². The van der Waals surface area contributed by atoms with Gasteiger partial charge in [0.1, 0.15) is 0 Å². The van der Waals surface area contributed by atoms with Crippen molar-refractivity contribution in [3.8, 4) is 5.75 Å². The Bertz CT molecular complexity index is 624. The largest absolute Gasteiger partial charge is 0.491 e. The standard InChI is InChI=1S/C22H31F3O2/c1-3-5-6-7-15-8-10-16(11-9-15)19-14-17-12-13-18(26-4-2)21(23)20(17)22(24,25)27-19/h12-13,15-16,19H,3-11,14H2,1-2H3. The van der Waals surface area contributed by atoms with Gasteiger partial charge in [0.05, 0.1) is 18.3 Å². The first kappa shape index (κ1) is 20.5. The van der Waals surface area contributed by atoms with Crippen LogP contribution in [0.25, 0.3) is 0 Å². The molecule has 0 radical (unpaired) electrons. The molecule has 5 heteroatoms. The topological polar surface area (TPSA) is 18.5 Å². The van der Waals surface area contributed by atoms with Crippen LogP contribution in [0, 0.1) is 17.7 Å². The second-order valence-corrected chi connectivity index (χ2v) is 8.00.